The first-order chi connectivity index (χ1) is 21.7. The Hall–Kier alpha value is -4.54. The molecule has 3 heterocycles. The fourth-order valence-electron chi connectivity index (χ4n) is 6.10. The summed E-state index contributed by atoms with van der Waals surface area (Å²) in [6, 6.07) is 33.0. The summed E-state index contributed by atoms with van der Waals surface area (Å²) in [5, 5.41) is 6.82. The van der Waals surface area contributed by atoms with Crippen molar-refractivity contribution in [2.45, 2.75) is 46.7 Å². The molecule has 0 radical (unpaired) electrons. The van der Waals surface area contributed by atoms with Crippen LogP contribution in [0.1, 0.15) is 43.0 Å². The number of pyridine rings is 1. The topological polar surface area (TPSA) is 44.9 Å². The first-order valence-electron chi connectivity index (χ1n) is 15.0. The molecule has 7 heteroatoms. The Labute approximate surface area is 282 Å². The number of aromatic nitrogens is 4. The predicted molar refractivity (Wildman–Crippen MR) is 178 cm³/mol. The van der Waals surface area contributed by atoms with Gasteiger partial charge in [0.2, 0.25) is 0 Å². The minimum absolute atomic E-state index is 0. The quantitative estimate of drug-likeness (QED) is 0.158. The second-order valence-electron chi connectivity index (χ2n) is 12.5. The number of ether oxygens (including phenoxy) is 1. The van der Waals surface area contributed by atoms with Crippen LogP contribution >= 0.6 is 0 Å². The van der Waals surface area contributed by atoms with Crippen LogP contribution in [0.3, 0.4) is 0 Å². The van der Waals surface area contributed by atoms with Gasteiger partial charge in [0.15, 0.2) is 0 Å². The minimum atomic E-state index is -0.475. The van der Waals surface area contributed by atoms with Gasteiger partial charge in [-0.3, -0.25) is 4.68 Å². The maximum absolute atomic E-state index is 13.3. The van der Waals surface area contributed by atoms with Crippen LogP contribution in [0.2, 0.25) is 0 Å². The molecule has 0 N–H and O–H groups in total. The summed E-state index contributed by atoms with van der Waals surface area (Å²) in [6.07, 6.45) is 5.67. The summed E-state index contributed by atoms with van der Waals surface area (Å²) in [6.45, 7) is 10.2. The number of aryl methyl sites for hydroxylation is 2. The molecule has 0 spiro atoms. The van der Waals surface area contributed by atoms with E-state index in [9.17, 15) is 4.39 Å². The molecular weight excluding hydrogens is 755 g/mol. The minimum Gasteiger partial charge on any atom is -0.509 e. The molecule has 0 aliphatic carbocycles. The number of halogens is 1. The first-order valence-corrected chi connectivity index (χ1v) is 15.0. The maximum Gasteiger partial charge on any atom is 2.00 e. The SMILES string of the molecule is Cc1cc(CF)cc(C)c1-c1cnn(-c2[c-]c(Oc3[c-]c4c(cc3)c3ccccc3n4-c3cc(C(C)(C)C)ccn3)ccc2)c1.[Pt+2]. The van der Waals surface area contributed by atoms with Gasteiger partial charge >= 0.3 is 21.1 Å². The van der Waals surface area contributed by atoms with Crippen LogP contribution in [0.4, 0.5) is 4.39 Å². The van der Waals surface area contributed by atoms with Crippen molar-refractivity contribution < 1.29 is 30.2 Å². The summed E-state index contributed by atoms with van der Waals surface area (Å²) in [5.74, 6) is 1.97. The van der Waals surface area contributed by atoms with Gasteiger partial charge in [-0.1, -0.05) is 56.6 Å². The Morgan fingerprint density at radius 1 is 0.848 bits per heavy atom. The molecule has 0 saturated heterocycles. The predicted octanol–water partition coefficient (Wildman–Crippen LogP) is 9.81. The zero-order valence-corrected chi connectivity index (χ0v) is 28.6. The standard InChI is InChI=1S/C39H33FN4O.Pt/c1-25-17-27(22-40)18-26(2)38(25)28-23-42-43(24-28)30-9-8-10-31(20-30)45-32-13-14-34-33-11-6-7-12-35(33)44(36(34)21-32)37-19-29(15-16-41-37)39(3,4)5;/h6-19,23-24H,22H2,1-5H3;/q-2;+2. The third-order valence-electron chi connectivity index (χ3n) is 8.24. The van der Waals surface area contributed by atoms with Gasteiger partial charge in [-0.15, -0.1) is 35.7 Å². The number of hydrogen-bond donors (Lipinski definition) is 0. The molecule has 0 saturated carbocycles. The van der Waals surface area contributed by atoms with Gasteiger partial charge in [0.1, 0.15) is 12.5 Å². The van der Waals surface area contributed by atoms with Crippen LogP contribution in [-0.2, 0) is 33.2 Å². The molecule has 0 fully saturated rings. The number of nitrogens with zero attached hydrogens (tertiary/aromatic N) is 4. The van der Waals surface area contributed by atoms with Crippen LogP contribution < -0.4 is 4.74 Å². The van der Waals surface area contributed by atoms with Crippen LogP contribution in [0.15, 0.2) is 97.5 Å². The number of alkyl halides is 1. The van der Waals surface area contributed by atoms with E-state index in [-0.39, 0.29) is 26.5 Å². The van der Waals surface area contributed by atoms with Crippen molar-refractivity contribution in [2.75, 3.05) is 0 Å². The van der Waals surface area contributed by atoms with Crippen LogP contribution in [-0.4, -0.2) is 19.3 Å². The van der Waals surface area contributed by atoms with E-state index in [0.29, 0.717) is 17.1 Å². The molecule has 0 aliphatic rings. The Kier molecular flexibility index (Phi) is 8.43. The Morgan fingerprint density at radius 3 is 2.37 bits per heavy atom. The Morgan fingerprint density at radius 2 is 1.61 bits per heavy atom. The van der Waals surface area contributed by atoms with Crippen LogP contribution in [0.5, 0.6) is 11.5 Å². The fourth-order valence-corrected chi connectivity index (χ4v) is 6.10. The Balaban J connectivity index is 0.00000372. The van der Waals surface area contributed by atoms with E-state index < -0.39 is 6.67 Å². The van der Waals surface area contributed by atoms with E-state index >= 15 is 0 Å². The third kappa shape index (κ3) is 5.78. The number of benzene rings is 4. The van der Waals surface area contributed by atoms with Crippen LogP contribution in [0, 0.1) is 26.0 Å². The average molecular weight is 788 g/mol. The summed E-state index contributed by atoms with van der Waals surface area (Å²) in [7, 11) is 0. The van der Waals surface area contributed by atoms with Gasteiger partial charge in [-0.2, -0.15) is 17.2 Å². The molecule has 7 aromatic rings. The molecule has 46 heavy (non-hydrogen) atoms. The van der Waals surface area contributed by atoms with Crippen molar-refractivity contribution in [3.05, 3.63) is 132 Å². The van der Waals surface area contributed by atoms with Gasteiger partial charge in [-0.05, 0) is 76.4 Å². The summed E-state index contributed by atoms with van der Waals surface area (Å²) in [5.41, 5.74) is 8.65. The van der Waals surface area contributed by atoms with Crippen molar-refractivity contribution in [1.82, 2.24) is 19.3 Å². The summed E-state index contributed by atoms with van der Waals surface area (Å²) in [4.78, 5) is 4.77. The number of para-hydroxylation sites is 1. The number of rotatable bonds is 6. The summed E-state index contributed by atoms with van der Waals surface area (Å²) >= 11 is 0. The normalized spacial score (nSPS) is 11.6. The molecule has 0 atom stereocenters. The van der Waals surface area contributed by atoms with Crippen molar-refractivity contribution in [1.29, 1.82) is 0 Å². The molecule has 4 aromatic carbocycles. The number of hydrogen-bond acceptors (Lipinski definition) is 3. The van der Waals surface area contributed by atoms with E-state index in [4.69, 9.17) is 9.72 Å². The average Bonchev–Trinajstić information content (AvgIpc) is 3.63. The van der Waals surface area contributed by atoms with E-state index in [1.54, 1.807) is 4.68 Å². The molecule has 5 nitrogen and oxygen atoms in total. The molecule has 7 rings (SSSR count). The molecule has 232 valence electrons. The molecule has 3 aromatic heterocycles. The van der Waals surface area contributed by atoms with Gasteiger partial charge in [0.25, 0.3) is 0 Å². The van der Waals surface area contributed by atoms with E-state index in [0.717, 1.165) is 55.6 Å². The van der Waals surface area contributed by atoms with E-state index in [1.165, 1.54) is 5.56 Å². The molecule has 0 aliphatic heterocycles. The zero-order chi connectivity index (χ0) is 31.3. The smallest absolute Gasteiger partial charge is 0.509 e. The van der Waals surface area contributed by atoms with Crippen molar-refractivity contribution in [2.24, 2.45) is 0 Å². The molecule has 0 amide bonds. The first kappa shape index (κ1) is 31.4. The Bertz CT molecular complexity index is 2190. The third-order valence-corrected chi connectivity index (χ3v) is 8.24. The van der Waals surface area contributed by atoms with Gasteiger partial charge < -0.3 is 9.30 Å². The number of fused-ring (bicyclic) bond motifs is 3. The maximum atomic E-state index is 13.3. The van der Waals surface area contributed by atoms with Crippen molar-refractivity contribution >= 4 is 21.8 Å². The van der Waals surface area contributed by atoms with Crippen LogP contribution in [0.25, 0.3) is 44.4 Å². The van der Waals surface area contributed by atoms with Gasteiger partial charge in [-0.25, -0.2) is 9.37 Å². The second kappa shape index (κ2) is 12.3. The molecule has 0 bridgehead atoms. The van der Waals surface area contributed by atoms with Gasteiger partial charge in [0, 0.05) is 35.0 Å². The van der Waals surface area contributed by atoms with E-state index in [2.05, 4.69) is 79.0 Å². The van der Waals surface area contributed by atoms with E-state index in [1.807, 2.05) is 74.9 Å². The van der Waals surface area contributed by atoms with Crippen molar-refractivity contribution in [3.8, 4) is 34.1 Å². The fraction of sp³-hybridized carbons (Fsp3) is 0.179. The largest absolute Gasteiger partial charge is 2.00 e. The molecule has 0 unspecified atom stereocenters. The van der Waals surface area contributed by atoms with Gasteiger partial charge in [0.05, 0.1) is 6.20 Å². The van der Waals surface area contributed by atoms with Crippen molar-refractivity contribution in [3.63, 3.8) is 0 Å². The monoisotopic (exact) mass is 787 g/mol. The molecular formula is C39H33FN4OPt. The summed E-state index contributed by atoms with van der Waals surface area (Å²) < 4.78 is 23.6. The second-order valence-corrected chi connectivity index (χ2v) is 12.5. The zero-order valence-electron chi connectivity index (χ0n) is 26.3.